The quantitative estimate of drug-likeness (QED) is 0.914. The minimum Gasteiger partial charge on any atom is -0.372 e. The van der Waals surface area contributed by atoms with E-state index in [1.807, 2.05) is 32.0 Å². The minimum atomic E-state index is -0.00342. The maximum absolute atomic E-state index is 12.4. The number of carbonyl (C=O) groups excluding carboxylic acids is 1. The molecule has 0 aliphatic carbocycles. The van der Waals surface area contributed by atoms with Gasteiger partial charge in [-0.05, 0) is 62.4 Å². The summed E-state index contributed by atoms with van der Waals surface area (Å²) in [5, 5.41) is 3.03. The maximum atomic E-state index is 12.4. The first kappa shape index (κ1) is 16.6. The van der Waals surface area contributed by atoms with E-state index in [0.717, 1.165) is 35.3 Å². The van der Waals surface area contributed by atoms with Crippen LogP contribution in [0.2, 0.25) is 0 Å². The molecule has 0 radical (unpaired) electrons. The number of piperidine rings is 1. The number of benzene rings is 2. The zero-order valence-electron chi connectivity index (χ0n) is 14.6. The third-order valence-corrected chi connectivity index (χ3v) is 4.75. The average Bonchev–Trinajstić information content (AvgIpc) is 2.63. The van der Waals surface area contributed by atoms with Crippen LogP contribution in [0.15, 0.2) is 42.5 Å². The van der Waals surface area contributed by atoms with Crippen molar-refractivity contribution in [2.75, 3.05) is 18.0 Å². The topological polar surface area (TPSA) is 32.3 Å². The van der Waals surface area contributed by atoms with Crippen molar-refractivity contribution in [3.05, 3.63) is 64.7 Å². The molecule has 2 aromatic rings. The highest BCUT2D eigenvalue weighted by atomic mass is 16.1. The summed E-state index contributed by atoms with van der Waals surface area (Å²) >= 11 is 0. The Morgan fingerprint density at radius 2 is 1.71 bits per heavy atom. The van der Waals surface area contributed by atoms with E-state index in [-0.39, 0.29) is 5.91 Å². The van der Waals surface area contributed by atoms with Gasteiger partial charge in [-0.2, -0.15) is 0 Å². The van der Waals surface area contributed by atoms with Gasteiger partial charge in [0.1, 0.15) is 0 Å². The van der Waals surface area contributed by atoms with Crippen LogP contribution in [0.5, 0.6) is 0 Å². The summed E-state index contributed by atoms with van der Waals surface area (Å²) < 4.78 is 0. The molecular formula is C21H26N2O. The van der Waals surface area contributed by atoms with Crippen LogP contribution >= 0.6 is 0 Å². The Balaban J connectivity index is 1.60. The molecule has 0 unspecified atom stereocenters. The number of nitrogens with zero attached hydrogens (tertiary/aromatic N) is 1. The first-order chi connectivity index (χ1) is 11.6. The predicted octanol–water partition coefficient (Wildman–Crippen LogP) is 4.22. The Morgan fingerprint density at radius 1 is 1.00 bits per heavy atom. The van der Waals surface area contributed by atoms with E-state index in [1.54, 1.807) is 0 Å². The van der Waals surface area contributed by atoms with E-state index < -0.39 is 0 Å². The second kappa shape index (κ2) is 7.52. The molecule has 3 rings (SSSR count). The first-order valence-electron chi connectivity index (χ1n) is 8.83. The monoisotopic (exact) mass is 322 g/mol. The van der Waals surface area contributed by atoms with Crippen LogP contribution in [-0.4, -0.2) is 19.0 Å². The number of hydrogen-bond acceptors (Lipinski definition) is 2. The summed E-state index contributed by atoms with van der Waals surface area (Å²) in [5.41, 5.74) is 5.31. The smallest absolute Gasteiger partial charge is 0.251 e. The van der Waals surface area contributed by atoms with Gasteiger partial charge >= 0.3 is 0 Å². The summed E-state index contributed by atoms with van der Waals surface area (Å²) in [7, 11) is 0. The number of hydrogen-bond donors (Lipinski definition) is 1. The van der Waals surface area contributed by atoms with Crippen molar-refractivity contribution in [1.82, 2.24) is 5.32 Å². The first-order valence-corrected chi connectivity index (χ1v) is 8.83. The van der Waals surface area contributed by atoms with Crippen LogP contribution < -0.4 is 10.2 Å². The van der Waals surface area contributed by atoms with E-state index in [2.05, 4.69) is 34.5 Å². The molecule has 3 nitrogen and oxygen atoms in total. The fraction of sp³-hybridized carbons (Fsp3) is 0.381. The van der Waals surface area contributed by atoms with E-state index in [4.69, 9.17) is 0 Å². The number of nitrogens with one attached hydrogen (secondary N) is 1. The fourth-order valence-corrected chi connectivity index (χ4v) is 3.23. The molecule has 126 valence electrons. The predicted molar refractivity (Wildman–Crippen MR) is 99.6 cm³/mol. The Bertz CT molecular complexity index is 700. The highest BCUT2D eigenvalue weighted by Crippen LogP contribution is 2.20. The number of carbonyl (C=O) groups is 1. The highest BCUT2D eigenvalue weighted by molar-refractivity contribution is 5.95. The van der Waals surface area contributed by atoms with Crippen LogP contribution in [0, 0.1) is 13.8 Å². The van der Waals surface area contributed by atoms with Gasteiger partial charge in [0.2, 0.25) is 0 Å². The van der Waals surface area contributed by atoms with Crippen molar-refractivity contribution >= 4 is 11.6 Å². The molecule has 0 bridgehead atoms. The van der Waals surface area contributed by atoms with Crippen molar-refractivity contribution in [2.24, 2.45) is 0 Å². The van der Waals surface area contributed by atoms with Gasteiger partial charge in [-0.3, -0.25) is 4.79 Å². The van der Waals surface area contributed by atoms with Crippen LogP contribution in [0.4, 0.5) is 5.69 Å². The lowest BCUT2D eigenvalue weighted by Crippen LogP contribution is -2.29. The fourth-order valence-electron chi connectivity index (χ4n) is 3.23. The van der Waals surface area contributed by atoms with Crippen LogP contribution in [0.1, 0.15) is 46.3 Å². The number of aryl methyl sites for hydroxylation is 2. The van der Waals surface area contributed by atoms with Gasteiger partial charge in [0.05, 0.1) is 0 Å². The lowest BCUT2D eigenvalue weighted by molar-refractivity contribution is 0.0950. The van der Waals surface area contributed by atoms with Crippen LogP contribution in [0.3, 0.4) is 0 Å². The molecular weight excluding hydrogens is 296 g/mol. The average molecular weight is 322 g/mol. The summed E-state index contributed by atoms with van der Waals surface area (Å²) in [5.74, 6) is -0.00342. The van der Waals surface area contributed by atoms with Crippen LogP contribution in [-0.2, 0) is 6.54 Å². The molecule has 1 saturated heterocycles. The van der Waals surface area contributed by atoms with Crippen molar-refractivity contribution in [1.29, 1.82) is 0 Å². The Hall–Kier alpha value is -2.29. The van der Waals surface area contributed by atoms with E-state index in [1.165, 1.54) is 24.9 Å². The largest absolute Gasteiger partial charge is 0.372 e. The van der Waals surface area contributed by atoms with Gasteiger partial charge in [0.25, 0.3) is 5.91 Å². The van der Waals surface area contributed by atoms with E-state index in [0.29, 0.717) is 6.54 Å². The summed E-state index contributed by atoms with van der Waals surface area (Å²) in [6.07, 6.45) is 3.92. The second-order valence-electron chi connectivity index (χ2n) is 6.72. The Morgan fingerprint density at radius 3 is 2.42 bits per heavy atom. The zero-order valence-corrected chi connectivity index (χ0v) is 14.6. The van der Waals surface area contributed by atoms with Crippen molar-refractivity contribution in [2.45, 2.75) is 39.7 Å². The summed E-state index contributed by atoms with van der Waals surface area (Å²) in [4.78, 5) is 14.8. The minimum absolute atomic E-state index is 0.00342. The lowest BCUT2D eigenvalue weighted by atomic mass is 10.0. The SMILES string of the molecule is Cc1ccc(C)c(C(=O)NCc2ccc(N3CCCCC3)cc2)c1. The van der Waals surface area contributed by atoms with E-state index in [9.17, 15) is 4.79 Å². The molecule has 0 atom stereocenters. The Kier molecular flexibility index (Phi) is 5.19. The summed E-state index contributed by atoms with van der Waals surface area (Å²) in [6, 6.07) is 14.6. The van der Waals surface area contributed by atoms with Gasteiger partial charge in [-0.25, -0.2) is 0 Å². The van der Waals surface area contributed by atoms with Crippen molar-refractivity contribution in [3.8, 4) is 0 Å². The molecule has 1 N–H and O–H groups in total. The third kappa shape index (κ3) is 3.97. The van der Waals surface area contributed by atoms with Crippen molar-refractivity contribution in [3.63, 3.8) is 0 Å². The van der Waals surface area contributed by atoms with Gasteiger partial charge in [-0.1, -0.05) is 29.8 Å². The number of anilines is 1. The second-order valence-corrected chi connectivity index (χ2v) is 6.72. The van der Waals surface area contributed by atoms with Gasteiger partial charge < -0.3 is 10.2 Å². The van der Waals surface area contributed by atoms with Crippen LogP contribution in [0.25, 0.3) is 0 Å². The Labute approximate surface area is 144 Å². The number of amides is 1. The van der Waals surface area contributed by atoms with Gasteiger partial charge in [0, 0.05) is 30.9 Å². The zero-order chi connectivity index (χ0) is 16.9. The molecule has 2 aromatic carbocycles. The molecule has 0 spiro atoms. The van der Waals surface area contributed by atoms with E-state index >= 15 is 0 Å². The normalized spacial score (nSPS) is 14.5. The standard InChI is InChI=1S/C21H26N2O/c1-16-6-7-17(2)20(14-16)21(24)22-15-18-8-10-19(11-9-18)23-12-4-3-5-13-23/h6-11,14H,3-5,12-13,15H2,1-2H3,(H,22,24). The molecule has 1 aliphatic heterocycles. The number of rotatable bonds is 4. The molecule has 0 aromatic heterocycles. The molecule has 1 amide bonds. The van der Waals surface area contributed by atoms with Gasteiger partial charge in [-0.15, -0.1) is 0 Å². The van der Waals surface area contributed by atoms with Crippen molar-refractivity contribution < 1.29 is 4.79 Å². The third-order valence-electron chi connectivity index (χ3n) is 4.75. The molecule has 1 aliphatic rings. The molecule has 0 saturated carbocycles. The maximum Gasteiger partial charge on any atom is 0.251 e. The highest BCUT2D eigenvalue weighted by Gasteiger charge is 2.11. The lowest BCUT2D eigenvalue weighted by Gasteiger charge is -2.28. The molecule has 1 heterocycles. The molecule has 3 heteroatoms. The molecule has 24 heavy (non-hydrogen) atoms. The summed E-state index contributed by atoms with van der Waals surface area (Å²) in [6.45, 7) is 6.86. The van der Waals surface area contributed by atoms with Gasteiger partial charge in [0.15, 0.2) is 0 Å². The molecule has 1 fully saturated rings.